The van der Waals surface area contributed by atoms with E-state index in [2.05, 4.69) is 94.6 Å². The third kappa shape index (κ3) is 9.98. The number of hydrogen-bond donors (Lipinski definition) is 0. The zero-order chi connectivity index (χ0) is 36.3. The standard InChI is InChI=1S/C32H48N7O4Si2.C5H5.Fe/c1-12-17-40-29-27-28(34-30(35-29)39-19-23(36-37-39)22-15-13-14-16-22)38(21-33-27)26-18-24(43-45(10,11)32(5,6)7)25(42-26)20-41-44(8,9)31(2,3)4;1-2-4-5-3-1;/h12-16,19,21,24-26H,1,17-18,20H2,2-11H3;1-5H;/q;;+2/t24-,25+,26+;;/m0../s1. The van der Waals surface area contributed by atoms with Gasteiger partial charge in [0.15, 0.2) is 27.8 Å². The molecule has 2 aliphatic carbocycles. The number of nitrogens with zero attached hydrogens (tertiary/aromatic N) is 7. The fourth-order valence-corrected chi connectivity index (χ4v) is 7.37. The Labute approximate surface area is 318 Å². The van der Waals surface area contributed by atoms with Crippen molar-refractivity contribution in [3.63, 3.8) is 0 Å². The first-order valence-electron chi connectivity index (χ1n) is 17.3. The maximum atomic E-state index is 7.00. The molecule has 274 valence electrons. The van der Waals surface area contributed by atoms with Crippen molar-refractivity contribution in [1.29, 1.82) is 0 Å². The van der Waals surface area contributed by atoms with Gasteiger partial charge in [-0.05, 0) is 94.1 Å². The molecule has 4 heterocycles. The average Bonchev–Trinajstić information content (AvgIpc) is 3.88. The van der Waals surface area contributed by atoms with Gasteiger partial charge < -0.3 is 18.3 Å². The molecule has 0 aromatic carbocycles. The fourth-order valence-electron chi connectivity index (χ4n) is 5.00. The van der Waals surface area contributed by atoms with Crippen molar-refractivity contribution in [3.8, 4) is 11.8 Å². The van der Waals surface area contributed by atoms with E-state index in [9.17, 15) is 0 Å². The number of hydrogen-bond acceptors (Lipinski definition) is 9. The number of fused-ring (bicyclic) bond motifs is 1. The van der Waals surface area contributed by atoms with Gasteiger partial charge in [-0.1, -0.05) is 59.4 Å². The molecule has 3 aromatic rings. The Morgan fingerprint density at radius 2 is 1.55 bits per heavy atom. The van der Waals surface area contributed by atoms with Crippen molar-refractivity contribution in [2.45, 2.75) is 103 Å². The monoisotopic (exact) mass is 771 g/mol. The zero-order valence-electron chi connectivity index (χ0n) is 31.6. The molecule has 2 saturated carbocycles. The van der Waals surface area contributed by atoms with Crippen LogP contribution in [-0.2, 0) is 30.7 Å². The van der Waals surface area contributed by atoms with Crippen molar-refractivity contribution in [1.82, 2.24) is 34.5 Å². The first kappa shape index (κ1) is 41.8. The van der Waals surface area contributed by atoms with E-state index in [1.54, 1.807) is 23.3 Å². The molecule has 1 aliphatic heterocycles. The van der Waals surface area contributed by atoms with Crippen LogP contribution < -0.4 is 4.74 Å². The molecular formula is C37H53FeN7O4Si2+2. The summed E-state index contributed by atoms with van der Waals surface area (Å²) in [5.74, 6) is 1.62. The van der Waals surface area contributed by atoms with E-state index in [0.717, 1.165) is 11.6 Å². The Morgan fingerprint density at radius 3 is 2.14 bits per heavy atom. The molecule has 0 unspecified atom stereocenters. The number of aromatic nitrogens is 7. The smallest absolute Gasteiger partial charge is 0.472 e. The first-order valence-corrected chi connectivity index (χ1v) is 23.1. The molecular weight excluding hydrogens is 718 g/mol. The molecule has 3 aliphatic rings. The maximum Gasteiger partial charge on any atom is 2.00 e. The van der Waals surface area contributed by atoms with Crippen molar-refractivity contribution >= 4 is 27.8 Å². The van der Waals surface area contributed by atoms with E-state index < -0.39 is 16.6 Å². The maximum absolute atomic E-state index is 7.00. The van der Waals surface area contributed by atoms with Crippen LogP contribution in [0.2, 0.25) is 36.3 Å². The molecule has 3 aromatic heterocycles. The predicted molar refractivity (Wildman–Crippen MR) is 201 cm³/mol. The molecule has 3 atom stereocenters. The van der Waals surface area contributed by atoms with Gasteiger partial charge in [0, 0.05) is 12.3 Å². The topological polar surface area (TPSA) is 111 Å². The summed E-state index contributed by atoms with van der Waals surface area (Å²) in [6.07, 6.45) is 23.0. The summed E-state index contributed by atoms with van der Waals surface area (Å²) >= 11 is 0. The minimum atomic E-state index is -2.11. The van der Waals surface area contributed by atoms with Crippen LogP contribution in [0.4, 0.5) is 0 Å². The second kappa shape index (κ2) is 17.0. The third-order valence-electron chi connectivity index (χ3n) is 10.1. The van der Waals surface area contributed by atoms with Gasteiger partial charge in [-0.25, -0.2) is 4.98 Å². The molecule has 6 rings (SSSR count). The molecule has 3 fully saturated rings. The molecule has 10 radical (unpaired) electrons. The Kier molecular flexibility index (Phi) is 14.0. The number of imidazole rings is 1. The summed E-state index contributed by atoms with van der Waals surface area (Å²) in [5.41, 5.74) is 1.83. The minimum Gasteiger partial charge on any atom is -0.472 e. The Balaban J connectivity index is 0.000000894. The zero-order valence-corrected chi connectivity index (χ0v) is 34.7. The molecule has 0 bridgehead atoms. The summed E-state index contributed by atoms with van der Waals surface area (Å²) in [6.45, 7) is 27.1. The minimum absolute atomic E-state index is 0. The summed E-state index contributed by atoms with van der Waals surface area (Å²) < 4.78 is 29.9. The average molecular weight is 772 g/mol. The van der Waals surface area contributed by atoms with Crippen molar-refractivity contribution in [3.05, 3.63) is 94.6 Å². The number of ether oxygens (including phenoxy) is 2. The van der Waals surface area contributed by atoms with Gasteiger partial charge in [-0.3, -0.25) is 4.57 Å². The van der Waals surface area contributed by atoms with Crippen LogP contribution >= 0.6 is 0 Å². The molecule has 0 spiro atoms. The van der Waals surface area contributed by atoms with Crippen LogP contribution in [0, 0.1) is 63.7 Å². The van der Waals surface area contributed by atoms with E-state index in [-0.39, 0.29) is 52.2 Å². The van der Waals surface area contributed by atoms with E-state index in [0.29, 0.717) is 36.0 Å². The molecule has 0 N–H and O–H groups in total. The molecule has 0 amide bonds. The van der Waals surface area contributed by atoms with Gasteiger partial charge in [0.1, 0.15) is 18.9 Å². The van der Waals surface area contributed by atoms with Crippen LogP contribution in [0.5, 0.6) is 5.88 Å². The second-order valence-corrected chi connectivity index (χ2v) is 25.4. The van der Waals surface area contributed by atoms with E-state index in [4.69, 9.17) is 23.3 Å². The Hall–Kier alpha value is -1.94. The van der Waals surface area contributed by atoms with Crippen LogP contribution in [0.15, 0.2) is 25.2 Å². The Morgan fingerprint density at radius 1 is 0.922 bits per heavy atom. The molecule has 11 nitrogen and oxygen atoms in total. The van der Waals surface area contributed by atoms with Crippen molar-refractivity contribution in [2.75, 3.05) is 13.2 Å². The van der Waals surface area contributed by atoms with Gasteiger partial charge in [0.05, 0.1) is 30.9 Å². The third-order valence-corrected chi connectivity index (χ3v) is 19.1. The summed E-state index contributed by atoms with van der Waals surface area (Å²) in [5, 5.41) is 8.78. The predicted octanol–water partition coefficient (Wildman–Crippen LogP) is 7.44. The number of rotatable bonds is 11. The van der Waals surface area contributed by atoms with E-state index >= 15 is 0 Å². The summed E-state index contributed by atoms with van der Waals surface area (Å²) in [4.78, 5) is 14.2. The van der Waals surface area contributed by atoms with E-state index in [1.807, 2.05) is 62.4 Å². The molecule has 1 saturated heterocycles. The second-order valence-electron chi connectivity index (χ2n) is 15.8. The van der Waals surface area contributed by atoms with Gasteiger partial charge in [-0.15, -0.1) is 5.10 Å². The normalized spacial score (nSPS) is 21.8. The fraction of sp³-hybridized carbons (Fsp3) is 0.486. The molecule has 14 heteroatoms. The first-order chi connectivity index (χ1) is 23.5. The van der Waals surface area contributed by atoms with Crippen molar-refractivity contribution < 1.29 is 35.4 Å². The van der Waals surface area contributed by atoms with Gasteiger partial charge in [-0.2, -0.15) is 14.6 Å². The Bertz CT molecular complexity index is 1570. The SMILES string of the molecule is C=CCOc1nc(-n2cc([C]3[CH][CH][CH][CH]3)nn2)nc2c1ncn2[C@H]1C[C@H](O[Si](C)(C)C(C)(C)C)[C@@H](CO[Si](C)(C)C(C)(C)C)O1.[CH]1[CH][CH][CH][CH]1.[Fe+2]. The van der Waals surface area contributed by atoms with Crippen LogP contribution in [0.1, 0.15) is 59.9 Å². The van der Waals surface area contributed by atoms with Gasteiger partial charge >= 0.3 is 17.1 Å². The van der Waals surface area contributed by atoms with Crippen LogP contribution in [0.3, 0.4) is 0 Å². The van der Waals surface area contributed by atoms with Crippen LogP contribution in [-0.4, -0.2) is 76.6 Å². The van der Waals surface area contributed by atoms with Gasteiger partial charge in [0.25, 0.3) is 5.95 Å². The van der Waals surface area contributed by atoms with Gasteiger partial charge in [0.2, 0.25) is 5.88 Å². The summed E-state index contributed by atoms with van der Waals surface area (Å²) in [6, 6.07) is 0. The van der Waals surface area contributed by atoms with E-state index in [1.165, 1.54) is 0 Å². The molecule has 51 heavy (non-hydrogen) atoms. The van der Waals surface area contributed by atoms with Crippen molar-refractivity contribution in [2.24, 2.45) is 0 Å². The largest absolute Gasteiger partial charge is 2.00 e. The summed E-state index contributed by atoms with van der Waals surface area (Å²) in [7, 11) is -4.13. The quantitative estimate of drug-likeness (QED) is 0.145. The van der Waals surface area contributed by atoms with Crippen LogP contribution in [0.25, 0.3) is 17.1 Å².